The molecule has 0 N–H and O–H groups in total. The van der Waals surface area contributed by atoms with Gasteiger partial charge in [-0.15, -0.1) is 0 Å². The van der Waals surface area contributed by atoms with Crippen molar-refractivity contribution in [2.24, 2.45) is 0 Å². The zero-order valence-corrected chi connectivity index (χ0v) is 11.1. The summed E-state index contributed by atoms with van der Waals surface area (Å²) < 4.78 is 5.91. The van der Waals surface area contributed by atoms with Gasteiger partial charge in [-0.05, 0) is 19.1 Å². The Kier molecular flexibility index (Phi) is 2.36. The normalized spacial score (nSPS) is 11.2. The van der Waals surface area contributed by atoms with Crippen LogP contribution in [0.1, 0.15) is 5.69 Å². The summed E-state index contributed by atoms with van der Waals surface area (Å²) in [6.45, 7) is 2.00. The van der Waals surface area contributed by atoms with E-state index in [1.54, 1.807) is 0 Å². The van der Waals surface area contributed by atoms with Crippen molar-refractivity contribution in [1.29, 1.82) is 0 Å². The fraction of sp³-hybridized carbons (Fsp3) is 0.0556. The summed E-state index contributed by atoms with van der Waals surface area (Å²) in [5.74, 6) is 0. The van der Waals surface area contributed by atoms with Crippen LogP contribution >= 0.6 is 0 Å². The molecule has 0 amide bonds. The molecule has 4 aromatic rings. The van der Waals surface area contributed by atoms with E-state index >= 15 is 0 Å². The van der Waals surface area contributed by atoms with Crippen molar-refractivity contribution >= 4 is 21.9 Å². The number of aryl methyl sites for hydroxylation is 1. The van der Waals surface area contributed by atoms with Crippen LogP contribution in [0.4, 0.5) is 0 Å². The highest BCUT2D eigenvalue weighted by Gasteiger charge is 2.11. The standard InChI is InChI=1S/C18H13NO/c1-12-18-15(14-9-5-6-10-17(14)20-18)11-16(19-12)13-7-3-2-4-8-13/h2-11H,1H3. The second kappa shape index (κ2) is 4.20. The third kappa shape index (κ3) is 1.62. The number of hydrogen-bond acceptors (Lipinski definition) is 2. The predicted molar refractivity (Wildman–Crippen MR) is 81.7 cm³/mol. The molecule has 0 aliphatic heterocycles. The van der Waals surface area contributed by atoms with Crippen molar-refractivity contribution in [1.82, 2.24) is 4.98 Å². The molecule has 0 spiro atoms. The Morgan fingerprint density at radius 2 is 1.60 bits per heavy atom. The number of rotatable bonds is 1. The molecule has 0 saturated heterocycles. The second-order valence-corrected chi connectivity index (χ2v) is 4.93. The Bertz CT molecular complexity index is 907. The zero-order valence-electron chi connectivity index (χ0n) is 11.1. The van der Waals surface area contributed by atoms with Gasteiger partial charge in [-0.2, -0.15) is 0 Å². The summed E-state index contributed by atoms with van der Waals surface area (Å²) in [6.07, 6.45) is 0. The van der Waals surface area contributed by atoms with Crippen LogP contribution in [-0.4, -0.2) is 4.98 Å². The van der Waals surface area contributed by atoms with Gasteiger partial charge < -0.3 is 4.42 Å². The quantitative estimate of drug-likeness (QED) is 0.483. The lowest BCUT2D eigenvalue weighted by Crippen LogP contribution is -1.87. The number of fused-ring (bicyclic) bond motifs is 3. The molecule has 0 radical (unpaired) electrons. The van der Waals surface area contributed by atoms with Crippen LogP contribution in [0, 0.1) is 6.92 Å². The molecule has 20 heavy (non-hydrogen) atoms. The molecule has 2 aromatic heterocycles. The van der Waals surface area contributed by atoms with E-state index in [0.29, 0.717) is 0 Å². The molecule has 0 saturated carbocycles. The number of pyridine rings is 1. The first-order valence-electron chi connectivity index (χ1n) is 6.67. The average molecular weight is 259 g/mol. The number of hydrogen-bond donors (Lipinski definition) is 0. The highest BCUT2D eigenvalue weighted by Crippen LogP contribution is 2.32. The summed E-state index contributed by atoms with van der Waals surface area (Å²) in [4.78, 5) is 4.67. The van der Waals surface area contributed by atoms with Crippen molar-refractivity contribution in [2.45, 2.75) is 6.92 Å². The fourth-order valence-electron chi connectivity index (χ4n) is 2.63. The lowest BCUT2D eigenvalue weighted by Gasteiger charge is -2.03. The van der Waals surface area contributed by atoms with Crippen LogP contribution in [0.3, 0.4) is 0 Å². The molecule has 2 aromatic carbocycles. The summed E-state index contributed by atoms with van der Waals surface area (Å²) in [6, 6.07) is 20.5. The first-order valence-corrected chi connectivity index (χ1v) is 6.67. The van der Waals surface area contributed by atoms with E-state index < -0.39 is 0 Å². The molecule has 2 nitrogen and oxygen atoms in total. The van der Waals surface area contributed by atoms with Crippen molar-refractivity contribution in [3.8, 4) is 11.3 Å². The molecular weight excluding hydrogens is 246 g/mol. The van der Waals surface area contributed by atoms with E-state index in [1.807, 2.05) is 43.3 Å². The predicted octanol–water partition coefficient (Wildman–Crippen LogP) is 4.96. The van der Waals surface area contributed by atoms with E-state index in [1.165, 1.54) is 0 Å². The van der Waals surface area contributed by atoms with Crippen molar-refractivity contribution in [3.63, 3.8) is 0 Å². The first-order chi connectivity index (χ1) is 9.83. The number of furan rings is 1. The largest absolute Gasteiger partial charge is 0.454 e. The molecule has 2 heterocycles. The number of benzene rings is 2. The lowest BCUT2D eigenvalue weighted by molar-refractivity contribution is 0.663. The van der Waals surface area contributed by atoms with E-state index in [9.17, 15) is 0 Å². The molecule has 0 aliphatic rings. The first kappa shape index (κ1) is 11.2. The molecule has 0 atom stereocenters. The topological polar surface area (TPSA) is 26.0 Å². The van der Waals surface area contributed by atoms with E-state index in [0.717, 1.165) is 38.9 Å². The molecule has 96 valence electrons. The van der Waals surface area contributed by atoms with Gasteiger partial charge in [0.2, 0.25) is 0 Å². The Labute approximate surface area is 116 Å². The van der Waals surface area contributed by atoms with Crippen LogP contribution in [-0.2, 0) is 0 Å². The van der Waals surface area contributed by atoms with Crippen molar-refractivity contribution < 1.29 is 4.42 Å². The third-order valence-corrected chi connectivity index (χ3v) is 3.60. The Morgan fingerprint density at radius 1 is 0.850 bits per heavy atom. The molecule has 4 rings (SSSR count). The monoisotopic (exact) mass is 259 g/mol. The van der Waals surface area contributed by atoms with Gasteiger partial charge in [0.25, 0.3) is 0 Å². The van der Waals surface area contributed by atoms with Gasteiger partial charge in [-0.25, -0.2) is 4.98 Å². The summed E-state index contributed by atoms with van der Waals surface area (Å²) >= 11 is 0. The van der Waals surface area contributed by atoms with E-state index in [-0.39, 0.29) is 0 Å². The van der Waals surface area contributed by atoms with Gasteiger partial charge in [0.05, 0.1) is 11.4 Å². The molecule has 2 heteroatoms. The highest BCUT2D eigenvalue weighted by atomic mass is 16.3. The van der Waals surface area contributed by atoms with E-state index in [2.05, 4.69) is 29.2 Å². The zero-order chi connectivity index (χ0) is 13.5. The Morgan fingerprint density at radius 3 is 2.45 bits per heavy atom. The van der Waals surface area contributed by atoms with Crippen molar-refractivity contribution in [3.05, 3.63) is 66.4 Å². The highest BCUT2D eigenvalue weighted by molar-refractivity contribution is 6.06. The SMILES string of the molecule is Cc1nc(-c2ccccc2)cc2c1oc1ccccc12. The maximum absolute atomic E-state index is 5.91. The van der Waals surface area contributed by atoms with Crippen LogP contribution in [0.2, 0.25) is 0 Å². The summed E-state index contributed by atoms with van der Waals surface area (Å²) in [5, 5.41) is 2.28. The van der Waals surface area contributed by atoms with Crippen LogP contribution in [0.25, 0.3) is 33.2 Å². The lowest BCUT2D eigenvalue weighted by atomic mass is 10.1. The molecule has 0 aliphatic carbocycles. The summed E-state index contributed by atoms with van der Waals surface area (Å²) in [7, 11) is 0. The third-order valence-electron chi connectivity index (χ3n) is 3.60. The van der Waals surface area contributed by atoms with Crippen LogP contribution in [0.15, 0.2) is 65.1 Å². The van der Waals surface area contributed by atoms with Crippen molar-refractivity contribution in [2.75, 3.05) is 0 Å². The molecule has 0 fully saturated rings. The van der Waals surface area contributed by atoms with Gasteiger partial charge in [0, 0.05) is 16.3 Å². The minimum Gasteiger partial charge on any atom is -0.454 e. The average Bonchev–Trinajstić information content (AvgIpc) is 2.88. The fourth-order valence-corrected chi connectivity index (χ4v) is 2.63. The second-order valence-electron chi connectivity index (χ2n) is 4.93. The Balaban J connectivity index is 2.08. The van der Waals surface area contributed by atoms with Gasteiger partial charge in [-0.3, -0.25) is 0 Å². The maximum atomic E-state index is 5.91. The van der Waals surface area contributed by atoms with Crippen LogP contribution < -0.4 is 0 Å². The molecule has 0 unspecified atom stereocenters. The number of para-hydroxylation sites is 1. The maximum Gasteiger partial charge on any atom is 0.156 e. The minimum absolute atomic E-state index is 0.880. The van der Waals surface area contributed by atoms with Gasteiger partial charge >= 0.3 is 0 Å². The van der Waals surface area contributed by atoms with Gasteiger partial charge in [0.15, 0.2) is 5.58 Å². The molecular formula is C18H13NO. The summed E-state index contributed by atoms with van der Waals surface area (Å²) in [5.41, 5.74) is 4.84. The number of aromatic nitrogens is 1. The van der Waals surface area contributed by atoms with E-state index in [4.69, 9.17) is 4.42 Å². The van der Waals surface area contributed by atoms with Gasteiger partial charge in [0.1, 0.15) is 5.58 Å². The van der Waals surface area contributed by atoms with Gasteiger partial charge in [-0.1, -0.05) is 48.5 Å². The van der Waals surface area contributed by atoms with Crippen LogP contribution in [0.5, 0.6) is 0 Å². The number of nitrogens with zero attached hydrogens (tertiary/aromatic N) is 1. The minimum atomic E-state index is 0.880. The Hall–Kier alpha value is -2.61. The smallest absolute Gasteiger partial charge is 0.156 e. The molecule has 0 bridgehead atoms.